The number of methoxy groups -OCH3 is 1. The van der Waals surface area contributed by atoms with E-state index in [0.29, 0.717) is 37.9 Å². The Morgan fingerprint density at radius 2 is 1.94 bits per heavy atom. The normalized spacial score (nSPS) is 17.9. The molecule has 1 amide bonds. The molecule has 0 atom stereocenters. The van der Waals surface area contributed by atoms with Gasteiger partial charge in [0, 0.05) is 38.9 Å². The lowest BCUT2D eigenvalue weighted by atomic mass is 9.87. The number of rotatable bonds is 7. The van der Waals surface area contributed by atoms with E-state index in [-0.39, 0.29) is 23.9 Å². The van der Waals surface area contributed by atoms with Gasteiger partial charge < -0.3 is 14.9 Å². The third-order valence-corrected chi connectivity index (χ3v) is 7.93. The fourth-order valence-corrected chi connectivity index (χ4v) is 5.49. The van der Waals surface area contributed by atoms with Crippen LogP contribution in [0.15, 0.2) is 58.6 Å². The minimum atomic E-state index is -3.71. The van der Waals surface area contributed by atoms with Crippen molar-refractivity contribution in [1.82, 2.24) is 9.62 Å². The number of oxime groups is 1. The monoisotopic (exact) mass is 475 g/mol. The fourth-order valence-electron chi connectivity index (χ4n) is 4.05. The van der Waals surface area contributed by atoms with Crippen LogP contribution in [-0.4, -0.2) is 56.7 Å². The number of halogens is 1. The zero-order chi connectivity index (χ0) is 23.5. The van der Waals surface area contributed by atoms with Crippen molar-refractivity contribution in [3.8, 4) is 5.75 Å². The van der Waals surface area contributed by atoms with Crippen LogP contribution >= 0.6 is 0 Å². The Morgan fingerprint density at radius 1 is 1.21 bits per heavy atom. The highest BCUT2D eigenvalue weighted by Gasteiger charge is 2.45. The third kappa shape index (κ3) is 5.17. The highest BCUT2D eigenvalue weighted by molar-refractivity contribution is 7.89. The first-order valence-corrected chi connectivity index (χ1v) is 12.2. The average molecular weight is 476 g/mol. The molecule has 2 aromatic rings. The van der Waals surface area contributed by atoms with Gasteiger partial charge in [0.25, 0.3) is 5.91 Å². The van der Waals surface area contributed by atoms with Crippen molar-refractivity contribution >= 4 is 21.6 Å². The summed E-state index contributed by atoms with van der Waals surface area (Å²) in [6.45, 7) is 0.918. The molecule has 0 bridgehead atoms. The summed E-state index contributed by atoms with van der Waals surface area (Å²) in [5.41, 5.74) is 0.690. The van der Waals surface area contributed by atoms with E-state index in [1.165, 1.54) is 16.4 Å². The molecule has 4 rings (SSSR count). The summed E-state index contributed by atoms with van der Waals surface area (Å²) < 4.78 is 45.3. The summed E-state index contributed by atoms with van der Waals surface area (Å²) in [5, 5.41) is 6.86. The molecule has 1 saturated heterocycles. The SMILES string of the molecule is COc1cccc(CCNC(=O)C2=NOC3(CCN(S(=O)(=O)c4ccc(F)cc4)CC3)C2)c1. The lowest BCUT2D eigenvalue weighted by Gasteiger charge is -2.36. The van der Waals surface area contributed by atoms with Gasteiger partial charge in [0.05, 0.1) is 12.0 Å². The van der Waals surface area contributed by atoms with E-state index in [9.17, 15) is 17.6 Å². The summed E-state index contributed by atoms with van der Waals surface area (Å²) in [4.78, 5) is 18.2. The van der Waals surface area contributed by atoms with E-state index in [0.717, 1.165) is 23.4 Å². The van der Waals surface area contributed by atoms with Gasteiger partial charge in [-0.1, -0.05) is 17.3 Å². The second kappa shape index (κ2) is 9.48. The van der Waals surface area contributed by atoms with Crippen LogP contribution in [0, 0.1) is 5.82 Å². The van der Waals surface area contributed by atoms with Crippen LogP contribution in [0.25, 0.3) is 0 Å². The summed E-state index contributed by atoms with van der Waals surface area (Å²) in [6.07, 6.45) is 1.82. The molecule has 2 aromatic carbocycles. The molecule has 2 heterocycles. The van der Waals surface area contributed by atoms with Crippen molar-refractivity contribution in [2.75, 3.05) is 26.7 Å². The largest absolute Gasteiger partial charge is 0.497 e. The van der Waals surface area contributed by atoms with Crippen LogP contribution < -0.4 is 10.1 Å². The minimum absolute atomic E-state index is 0.0551. The smallest absolute Gasteiger partial charge is 0.269 e. The highest BCUT2D eigenvalue weighted by Crippen LogP contribution is 2.36. The Morgan fingerprint density at radius 3 is 2.64 bits per heavy atom. The first kappa shape index (κ1) is 23.2. The van der Waals surface area contributed by atoms with Gasteiger partial charge >= 0.3 is 0 Å². The van der Waals surface area contributed by atoms with Crippen LogP contribution in [0.4, 0.5) is 4.39 Å². The van der Waals surface area contributed by atoms with E-state index < -0.39 is 21.4 Å². The van der Waals surface area contributed by atoms with Crippen LogP contribution in [0.1, 0.15) is 24.8 Å². The van der Waals surface area contributed by atoms with Crippen molar-refractivity contribution in [3.63, 3.8) is 0 Å². The van der Waals surface area contributed by atoms with Crippen molar-refractivity contribution in [1.29, 1.82) is 0 Å². The second-order valence-electron chi connectivity index (χ2n) is 8.20. The molecule has 0 aromatic heterocycles. The Balaban J connectivity index is 1.27. The molecular formula is C23H26FN3O5S. The van der Waals surface area contributed by atoms with E-state index in [4.69, 9.17) is 9.57 Å². The number of hydrogen-bond acceptors (Lipinski definition) is 6. The third-order valence-electron chi connectivity index (χ3n) is 6.02. The van der Waals surface area contributed by atoms with Gasteiger partial charge in [-0.2, -0.15) is 4.31 Å². The number of piperidine rings is 1. The van der Waals surface area contributed by atoms with Gasteiger partial charge in [-0.05, 0) is 48.4 Å². The van der Waals surface area contributed by atoms with E-state index in [1.54, 1.807) is 7.11 Å². The molecule has 1 fully saturated rings. The van der Waals surface area contributed by atoms with Gasteiger partial charge in [-0.3, -0.25) is 4.79 Å². The Kier molecular flexibility index (Phi) is 6.66. The number of carbonyl (C=O) groups excluding carboxylic acids is 1. The van der Waals surface area contributed by atoms with Crippen LogP contribution in [0.5, 0.6) is 5.75 Å². The van der Waals surface area contributed by atoms with Gasteiger partial charge in [-0.25, -0.2) is 12.8 Å². The maximum absolute atomic E-state index is 13.1. The first-order valence-electron chi connectivity index (χ1n) is 10.7. The number of nitrogens with one attached hydrogen (secondary N) is 1. The fraction of sp³-hybridized carbons (Fsp3) is 0.391. The minimum Gasteiger partial charge on any atom is -0.497 e. The zero-order valence-corrected chi connectivity index (χ0v) is 19.1. The van der Waals surface area contributed by atoms with Crippen molar-refractivity contribution in [2.45, 2.75) is 36.2 Å². The molecule has 0 unspecified atom stereocenters. The number of hydrogen-bond donors (Lipinski definition) is 1. The molecule has 176 valence electrons. The predicted octanol–water partition coefficient (Wildman–Crippen LogP) is 2.49. The van der Waals surface area contributed by atoms with E-state index >= 15 is 0 Å². The summed E-state index contributed by atoms with van der Waals surface area (Å²) in [5.74, 6) is -0.00407. The van der Waals surface area contributed by atoms with E-state index in [2.05, 4.69) is 10.5 Å². The zero-order valence-electron chi connectivity index (χ0n) is 18.3. The molecule has 8 nitrogen and oxygen atoms in total. The summed E-state index contributed by atoms with van der Waals surface area (Å²) >= 11 is 0. The number of benzene rings is 2. The van der Waals surface area contributed by atoms with Crippen LogP contribution in [-0.2, 0) is 26.1 Å². The van der Waals surface area contributed by atoms with Gasteiger partial charge in [0.1, 0.15) is 22.9 Å². The summed E-state index contributed by atoms with van der Waals surface area (Å²) in [6, 6.07) is 12.4. The Bertz CT molecular complexity index is 1140. The number of sulfonamides is 1. The van der Waals surface area contributed by atoms with Crippen LogP contribution in [0.3, 0.4) is 0 Å². The van der Waals surface area contributed by atoms with Crippen LogP contribution in [0.2, 0.25) is 0 Å². The number of ether oxygens (including phenoxy) is 1. The van der Waals surface area contributed by atoms with Crippen molar-refractivity contribution in [3.05, 3.63) is 59.9 Å². The molecular weight excluding hydrogens is 449 g/mol. The van der Waals surface area contributed by atoms with E-state index in [1.807, 2.05) is 24.3 Å². The lowest BCUT2D eigenvalue weighted by Crippen LogP contribution is -2.47. The van der Waals surface area contributed by atoms with Gasteiger partial charge in [-0.15, -0.1) is 0 Å². The van der Waals surface area contributed by atoms with Crippen molar-refractivity contribution in [2.24, 2.45) is 5.16 Å². The van der Waals surface area contributed by atoms with Gasteiger partial charge in [0.15, 0.2) is 0 Å². The molecule has 10 heteroatoms. The molecule has 0 saturated carbocycles. The lowest BCUT2D eigenvalue weighted by molar-refractivity contribution is -0.114. The molecule has 2 aliphatic rings. The molecule has 0 aliphatic carbocycles. The number of nitrogens with zero attached hydrogens (tertiary/aromatic N) is 2. The maximum Gasteiger partial charge on any atom is 0.269 e. The van der Waals surface area contributed by atoms with Gasteiger partial charge in [0.2, 0.25) is 10.0 Å². The standard InChI is InChI=1S/C23H26FN3O5S/c1-31-19-4-2-3-17(15-19)9-12-25-22(28)21-16-23(32-26-21)10-13-27(14-11-23)33(29,30)20-7-5-18(24)6-8-20/h2-8,15H,9-14,16H2,1H3,(H,25,28). The second-order valence-corrected chi connectivity index (χ2v) is 10.1. The molecule has 1 N–H and O–H groups in total. The highest BCUT2D eigenvalue weighted by atomic mass is 32.2. The molecule has 1 spiro atoms. The summed E-state index contributed by atoms with van der Waals surface area (Å²) in [7, 11) is -2.10. The molecule has 0 radical (unpaired) electrons. The Hall–Kier alpha value is -2.98. The Labute approximate surface area is 192 Å². The number of carbonyl (C=O) groups is 1. The molecule has 33 heavy (non-hydrogen) atoms. The topological polar surface area (TPSA) is 97.3 Å². The number of amides is 1. The first-order chi connectivity index (χ1) is 15.8. The maximum atomic E-state index is 13.1. The average Bonchev–Trinajstić information content (AvgIpc) is 3.23. The molecule has 2 aliphatic heterocycles. The van der Waals surface area contributed by atoms with Crippen molar-refractivity contribution < 1.29 is 27.2 Å². The quantitative estimate of drug-likeness (QED) is 0.664. The predicted molar refractivity (Wildman–Crippen MR) is 120 cm³/mol.